The number of nitrogens with zero attached hydrogens (tertiary/aromatic N) is 1. The summed E-state index contributed by atoms with van der Waals surface area (Å²) in [5.41, 5.74) is -1.21. The van der Waals surface area contributed by atoms with Crippen LogP contribution in [0.25, 0.3) is 0 Å². The third-order valence-corrected chi connectivity index (χ3v) is 3.71. The number of carbonyl (C=O) groups is 1. The van der Waals surface area contributed by atoms with Crippen LogP contribution in [0.5, 0.6) is 0 Å². The fraction of sp³-hybridized carbons (Fsp3) is 0.923. The molecule has 19 heavy (non-hydrogen) atoms. The van der Waals surface area contributed by atoms with Crippen molar-refractivity contribution in [2.45, 2.75) is 58.4 Å². The topological polar surface area (TPSA) is 55.8 Å². The Kier molecular flexibility index (Phi) is 5.01. The second-order valence-corrected chi connectivity index (χ2v) is 7.88. The van der Waals surface area contributed by atoms with Crippen molar-refractivity contribution in [2.24, 2.45) is 0 Å². The van der Waals surface area contributed by atoms with Crippen molar-refractivity contribution in [3.05, 3.63) is 0 Å². The van der Waals surface area contributed by atoms with E-state index >= 15 is 0 Å². The number of carbonyl (C=O) groups excluding carboxylic acids is 1. The summed E-state index contributed by atoms with van der Waals surface area (Å²) in [6.07, 6.45) is 1.95. The van der Waals surface area contributed by atoms with Gasteiger partial charge in [0.2, 0.25) is 0 Å². The zero-order valence-electron chi connectivity index (χ0n) is 12.7. The van der Waals surface area contributed by atoms with Gasteiger partial charge in [-0.1, -0.05) is 0 Å². The number of hydrogen-bond acceptors (Lipinski definition) is 4. The molecule has 1 saturated heterocycles. The van der Waals surface area contributed by atoms with E-state index in [2.05, 4.69) is 0 Å². The Hall–Kier alpha value is -0.620. The van der Waals surface area contributed by atoms with Crippen molar-refractivity contribution < 1.29 is 18.5 Å². The molecule has 1 aliphatic heterocycles. The quantitative estimate of drug-likeness (QED) is 0.799. The van der Waals surface area contributed by atoms with Crippen LogP contribution in [-0.4, -0.2) is 51.2 Å². The maximum atomic E-state index is 12.3. The van der Waals surface area contributed by atoms with Gasteiger partial charge in [-0.15, -0.1) is 0 Å². The Morgan fingerprint density at radius 1 is 1.47 bits per heavy atom. The summed E-state index contributed by atoms with van der Waals surface area (Å²) >= 11 is 0. The minimum Gasteiger partial charge on any atom is -0.444 e. The molecule has 1 heterocycles. The van der Waals surface area contributed by atoms with Crippen LogP contribution >= 0.6 is 0 Å². The van der Waals surface area contributed by atoms with Gasteiger partial charge in [-0.2, -0.15) is 0 Å². The molecule has 5 nitrogen and oxygen atoms in total. The van der Waals surface area contributed by atoms with Crippen LogP contribution in [0.4, 0.5) is 4.79 Å². The molecule has 1 amide bonds. The van der Waals surface area contributed by atoms with Crippen LogP contribution < -0.4 is 0 Å². The number of amides is 1. The Balaban J connectivity index is 2.78. The van der Waals surface area contributed by atoms with E-state index in [0.717, 1.165) is 0 Å². The van der Waals surface area contributed by atoms with E-state index in [1.165, 1.54) is 0 Å². The molecule has 1 unspecified atom stereocenters. The summed E-state index contributed by atoms with van der Waals surface area (Å²) in [4.78, 5) is 13.9. The highest BCUT2D eigenvalue weighted by Crippen LogP contribution is 2.30. The molecular formula is C13H25NO4S. The Morgan fingerprint density at radius 2 is 2.05 bits per heavy atom. The van der Waals surface area contributed by atoms with E-state index < -0.39 is 22.1 Å². The molecule has 0 saturated carbocycles. The molecule has 1 rings (SSSR count). The lowest BCUT2D eigenvalue weighted by Crippen LogP contribution is -2.50. The van der Waals surface area contributed by atoms with Gasteiger partial charge in [0, 0.05) is 22.8 Å². The van der Waals surface area contributed by atoms with E-state index in [1.807, 2.05) is 34.6 Å². The lowest BCUT2D eigenvalue weighted by molar-refractivity contribution is -0.0625. The van der Waals surface area contributed by atoms with Crippen molar-refractivity contribution in [3.63, 3.8) is 0 Å². The molecule has 0 aromatic heterocycles. The van der Waals surface area contributed by atoms with Crippen molar-refractivity contribution in [1.29, 1.82) is 0 Å². The van der Waals surface area contributed by atoms with E-state index in [9.17, 15) is 9.00 Å². The zero-order chi connectivity index (χ0) is 14.8. The van der Waals surface area contributed by atoms with Crippen molar-refractivity contribution in [3.8, 4) is 0 Å². The molecule has 0 spiro atoms. The highest BCUT2D eigenvalue weighted by molar-refractivity contribution is 7.84. The average Bonchev–Trinajstić information content (AvgIpc) is 2.47. The SMILES string of the molecule is CS(=O)CC[C@H]1COC(C)(C)N1C(=O)OC(C)(C)C. The minimum atomic E-state index is -0.868. The fourth-order valence-corrected chi connectivity index (χ4v) is 2.68. The minimum absolute atomic E-state index is 0.0752. The van der Waals surface area contributed by atoms with E-state index in [4.69, 9.17) is 9.47 Å². The summed E-state index contributed by atoms with van der Waals surface area (Å²) in [6.45, 7) is 9.67. The highest BCUT2D eigenvalue weighted by atomic mass is 32.2. The molecule has 112 valence electrons. The Labute approximate surface area is 118 Å². The fourth-order valence-electron chi connectivity index (χ4n) is 2.08. The monoisotopic (exact) mass is 291 g/mol. The Bertz CT molecular complexity index is 362. The van der Waals surface area contributed by atoms with Crippen molar-refractivity contribution >= 4 is 16.9 Å². The molecule has 0 bridgehead atoms. The summed E-state index contributed by atoms with van der Waals surface area (Å²) < 4.78 is 22.3. The third-order valence-electron chi connectivity index (χ3n) is 2.90. The second-order valence-electron chi connectivity index (χ2n) is 6.33. The third kappa shape index (κ3) is 4.76. The molecule has 0 aromatic carbocycles. The van der Waals surface area contributed by atoms with Gasteiger partial charge in [0.15, 0.2) is 0 Å². The molecule has 1 aliphatic rings. The number of ether oxygens (including phenoxy) is 2. The standard InChI is InChI=1S/C13H25NO4S/c1-12(2,3)18-11(15)14-10(7-8-19(6)16)9-17-13(14,4)5/h10H,7-9H2,1-6H3/t10-,19?/m0/s1. The van der Waals surface area contributed by atoms with Crippen molar-refractivity contribution in [1.82, 2.24) is 4.90 Å². The van der Waals surface area contributed by atoms with Crippen LogP contribution in [0.3, 0.4) is 0 Å². The van der Waals surface area contributed by atoms with Crippen LogP contribution in [0.1, 0.15) is 41.0 Å². The molecule has 0 N–H and O–H groups in total. The molecule has 0 aliphatic carbocycles. The van der Waals surface area contributed by atoms with Gasteiger partial charge in [-0.3, -0.25) is 9.11 Å². The second kappa shape index (κ2) is 5.79. The first-order valence-electron chi connectivity index (χ1n) is 6.49. The van der Waals surface area contributed by atoms with Crippen LogP contribution in [0, 0.1) is 0 Å². The van der Waals surface area contributed by atoms with Crippen LogP contribution in [0.15, 0.2) is 0 Å². The van der Waals surface area contributed by atoms with Gasteiger partial charge in [-0.05, 0) is 41.0 Å². The molecule has 1 fully saturated rings. The van der Waals surface area contributed by atoms with Gasteiger partial charge in [0.25, 0.3) is 0 Å². The molecule has 0 radical (unpaired) electrons. The molecule has 6 heteroatoms. The van der Waals surface area contributed by atoms with Crippen LogP contribution in [-0.2, 0) is 20.3 Å². The van der Waals surface area contributed by atoms with E-state index in [0.29, 0.717) is 18.8 Å². The Morgan fingerprint density at radius 3 is 2.53 bits per heavy atom. The van der Waals surface area contributed by atoms with Gasteiger partial charge in [0.1, 0.15) is 11.3 Å². The molecular weight excluding hydrogens is 266 g/mol. The first-order valence-corrected chi connectivity index (χ1v) is 8.22. The largest absolute Gasteiger partial charge is 0.444 e. The average molecular weight is 291 g/mol. The zero-order valence-corrected chi connectivity index (χ0v) is 13.5. The van der Waals surface area contributed by atoms with Gasteiger partial charge >= 0.3 is 6.09 Å². The predicted octanol–water partition coefficient (Wildman–Crippen LogP) is 2.13. The first-order chi connectivity index (χ1) is 8.53. The predicted molar refractivity (Wildman–Crippen MR) is 75.4 cm³/mol. The summed E-state index contributed by atoms with van der Waals surface area (Å²) in [5.74, 6) is 0.559. The smallest absolute Gasteiger partial charge is 0.412 e. The van der Waals surface area contributed by atoms with Crippen LogP contribution in [0.2, 0.25) is 0 Å². The number of hydrogen-bond donors (Lipinski definition) is 0. The van der Waals surface area contributed by atoms with Gasteiger partial charge in [0.05, 0.1) is 12.6 Å². The maximum absolute atomic E-state index is 12.3. The van der Waals surface area contributed by atoms with Gasteiger partial charge in [-0.25, -0.2) is 4.79 Å². The van der Waals surface area contributed by atoms with E-state index in [1.54, 1.807) is 11.2 Å². The molecule has 2 atom stereocenters. The first kappa shape index (κ1) is 16.4. The van der Waals surface area contributed by atoms with E-state index in [-0.39, 0.29) is 12.1 Å². The highest BCUT2D eigenvalue weighted by Gasteiger charge is 2.45. The number of rotatable bonds is 3. The summed E-state index contributed by atoms with van der Waals surface area (Å²) in [6, 6.07) is -0.0752. The van der Waals surface area contributed by atoms with Gasteiger partial charge < -0.3 is 9.47 Å². The normalized spacial score (nSPS) is 24.3. The lowest BCUT2D eigenvalue weighted by Gasteiger charge is -2.35. The molecule has 0 aromatic rings. The lowest BCUT2D eigenvalue weighted by atomic mass is 10.1. The summed E-state index contributed by atoms with van der Waals surface area (Å²) in [5, 5.41) is 0. The summed E-state index contributed by atoms with van der Waals surface area (Å²) in [7, 11) is -0.868. The van der Waals surface area contributed by atoms with Crippen molar-refractivity contribution in [2.75, 3.05) is 18.6 Å². The maximum Gasteiger partial charge on any atom is 0.412 e.